The van der Waals surface area contributed by atoms with E-state index in [2.05, 4.69) is 10.3 Å². The Balaban J connectivity index is 1.82. The van der Waals surface area contributed by atoms with Crippen LogP contribution in [0.25, 0.3) is 11.0 Å². The van der Waals surface area contributed by atoms with Crippen molar-refractivity contribution in [3.63, 3.8) is 0 Å². The number of carbonyl (C=O) groups is 1. The molecule has 0 bridgehead atoms. The van der Waals surface area contributed by atoms with E-state index in [1.165, 1.54) is 12.1 Å². The Hall–Kier alpha value is -2.50. The molecule has 0 saturated heterocycles. The molecule has 3 N–H and O–H groups in total. The minimum absolute atomic E-state index is 0.0452. The van der Waals surface area contributed by atoms with Crippen molar-refractivity contribution in [2.45, 2.75) is 36.4 Å². The zero-order valence-electron chi connectivity index (χ0n) is 16.1. The Morgan fingerprint density at radius 3 is 2.67 bits per heavy atom. The molecule has 160 valence electrons. The van der Waals surface area contributed by atoms with Gasteiger partial charge < -0.3 is 9.88 Å². The van der Waals surface area contributed by atoms with Crippen LogP contribution in [0.2, 0.25) is 0 Å². The molecule has 1 amide bonds. The Bertz CT molecular complexity index is 1200. The number of nitrogens with one attached hydrogen (secondary N) is 1. The lowest BCUT2D eigenvalue weighted by Crippen LogP contribution is -2.15. The van der Waals surface area contributed by atoms with Crippen LogP contribution in [0.3, 0.4) is 0 Å². The fourth-order valence-corrected chi connectivity index (χ4v) is 4.19. The SMILES string of the molecule is CCCCn1c(SCC(=O)Nc2ccc(F)cc2F)nc2cc(S(N)(=O)=O)ccc21. The van der Waals surface area contributed by atoms with E-state index in [1.54, 1.807) is 6.07 Å². The Labute approximate surface area is 176 Å². The summed E-state index contributed by atoms with van der Waals surface area (Å²) in [5.74, 6) is -2.14. The largest absolute Gasteiger partial charge is 0.323 e. The number of aromatic nitrogens is 2. The number of amides is 1. The monoisotopic (exact) mass is 454 g/mol. The number of anilines is 1. The number of fused-ring (bicyclic) bond motifs is 1. The molecule has 0 radical (unpaired) electrons. The Morgan fingerprint density at radius 2 is 2.00 bits per heavy atom. The number of thioether (sulfide) groups is 1. The van der Waals surface area contributed by atoms with E-state index in [0.29, 0.717) is 23.3 Å². The molecule has 0 saturated carbocycles. The second-order valence-electron chi connectivity index (χ2n) is 6.56. The molecule has 0 aliphatic heterocycles. The number of halogens is 2. The zero-order valence-corrected chi connectivity index (χ0v) is 17.7. The van der Waals surface area contributed by atoms with E-state index in [1.807, 2.05) is 11.5 Å². The number of benzene rings is 2. The normalized spacial score (nSPS) is 11.7. The van der Waals surface area contributed by atoms with Crippen molar-refractivity contribution in [3.8, 4) is 0 Å². The van der Waals surface area contributed by atoms with Crippen LogP contribution in [-0.2, 0) is 21.4 Å². The van der Waals surface area contributed by atoms with Gasteiger partial charge in [-0.15, -0.1) is 0 Å². The predicted octanol–water partition coefficient (Wildman–Crippen LogP) is 3.49. The summed E-state index contributed by atoms with van der Waals surface area (Å²) >= 11 is 1.14. The minimum Gasteiger partial charge on any atom is -0.323 e. The van der Waals surface area contributed by atoms with Crippen LogP contribution in [0.5, 0.6) is 0 Å². The summed E-state index contributed by atoms with van der Waals surface area (Å²) < 4.78 is 51.8. The van der Waals surface area contributed by atoms with Crippen molar-refractivity contribution in [2.24, 2.45) is 5.14 Å². The molecule has 0 fully saturated rings. The van der Waals surface area contributed by atoms with Gasteiger partial charge in [-0.2, -0.15) is 0 Å². The van der Waals surface area contributed by atoms with E-state index in [0.717, 1.165) is 42.3 Å². The highest BCUT2D eigenvalue weighted by molar-refractivity contribution is 7.99. The molecule has 11 heteroatoms. The summed E-state index contributed by atoms with van der Waals surface area (Å²) in [4.78, 5) is 16.6. The van der Waals surface area contributed by atoms with Gasteiger partial charge >= 0.3 is 0 Å². The van der Waals surface area contributed by atoms with Gasteiger partial charge in [0, 0.05) is 12.6 Å². The summed E-state index contributed by atoms with van der Waals surface area (Å²) in [5, 5.41) is 8.12. The summed E-state index contributed by atoms with van der Waals surface area (Å²) in [6.45, 7) is 2.67. The number of carbonyl (C=O) groups excluding carboxylic acids is 1. The number of sulfonamides is 1. The summed E-state index contributed by atoms with van der Waals surface area (Å²) in [6.07, 6.45) is 1.80. The highest BCUT2D eigenvalue weighted by atomic mass is 32.2. The third-order valence-corrected chi connectivity index (χ3v) is 6.17. The third-order valence-electron chi connectivity index (χ3n) is 4.29. The van der Waals surface area contributed by atoms with Gasteiger partial charge in [0.2, 0.25) is 15.9 Å². The van der Waals surface area contributed by atoms with Gasteiger partial charge in [-0.1, -0.05) is 25.1 Å². The molecular formula is C19H20F2N4O3S2. The first kappa shape index (κ1) is 22.2. The van der Waals surface area contributed by atoms with Gasteiger partial charge in [0.15, 0.2) is 5.16 Å². The summed E-state index contributed by atoms with van der Waals surface area (Å²) in [5.41, 5.74) is 1.06. The van der Waals surface area contributed by atoms with Crippen LogP contribution in [0.4, 0.5) is 14.5 Å². The van der Waals surface area contributed by atoms with Crippen molar-refractivity contribution in [2.75, 3.05) is 11.1 Å². The van der Waals surface area contributed by atoms with E-state index in [-0.39, 0.29) is 16.3 Å². The maximum Gasteiger partial charge on any atom is 0.238 e. The van der Waals surface area contributed by atoms with Gasteiger partial charge in [0.05, 0.1) is 27.4 Å². The summed E-state index contributed by atoms with van der Waals surface area (Å²) in [6, 6.07) is 7.34. The molecule has 3 rings (SSSR count). The highest BCUT2D eigenvalue weighted by Gasteiger charge is 2.16. The van der Waals surface area contributed by atoms with E-state index < -0.39 is 27.6 Å². The first-order valence-electron chi connectivity index (χ1n) is 9.10. The maximum atomic E-state index is 13.7. The number of aryl methyl sites for hydroxylation is 1. The summed E-state index contributed by atoms with van der Waals surface area (Å²) in [7, 11) is -3.86. The van der Waals surface area contributed by atoms with Gasteiger partial charge in [-0.25, -0.2) is 27.3 Å². The van der Waals surface area contributed by atoms with Crippen LogP contribution in [0, 0.1) is 11.6 Å². The predicted molar refractivity (Wildman–Crippen MR) is 112 cm³/mol. The van der Waals surface area contributed by atoms with Crippen molar-refractivity contribution in [1.29, 1.82) is 0 Å². The highest BCUT2D eigenvalue weighted by Crippen LogP contribution is 2.27. The van der Waals surface area contributed by atoms with Crippen LogP contribution < -0.4 is 10.5 Å². The number of primary sulfonamides is 1. The first-order valence-corrected chi connectivity index (χ1v) is 11.6. The van der Waals surface area contributed by atoms with E-state index in [9.17, 15) is 22.0 Å². The van der Waals surface area contributed by atoms with Gasteiger partial charge in [-0.05, 0) is 36.8 Å². The molecule has 3 aromatic rings. The van der Waals surface area contributed by atoms with Gasteiger partial charge in [0.1, 0.15) is 11.6 Å². The molecule has 7 nitrogen and oxygen atoms in total. The van der Waals surface area contributed by atoms with Crippen LogP contribution in [0.1, 0.15) is 19.8 Å². The molecule has 0 atom stereocenters. The molecule has 0 aliphatic carbocycles. The maximum absolute atomic E-state index is 13.7. The van der Waals surface area contributed by atoms with Gasteiger partial charge in [-0.3, -0.25) is 4.79 Å². The lowest BCUT2D eigenvalue weighted by atomic mass is 10.3. The van der Waals surface area contributed by atoms with Gasteiger partial charge in [0.25, 0.3) is 0 Å². The zero-order chi connectivity index (χ0) is 21.9. The lowest BCUT2D eigenvalue weighted by Gasteiger charge is -2.09. The number of hydrogen-bond donors (Lipinski definition) is 2. The van der Waals surface area contributed by atoms with Crippen LogP contribution in [0.15, 0.2) is 46.5 Å². The number of nitrogens with two attached hydrogens (primary N) is 1. The molecule has 1 heterocycles. The van der Waals surface area contributed by atoms with E-state index >= 15 is 0 Å². The smallest absolute Gasteiger partial charge is 0.238 e. The second-order valence-corrected chi connectivity index (χ2v) is 9.06. The molecule has 0 spiro atoms. The second kappa shape index (κ2) is 9.11. The lowest BCUT2D eigenvalue weighted by molar-refractivity contribution is -0.113. The number of hydrogen-bond acceptors (Lipinski definition) is 5. The number of unbranched alkanes of at least 4 members (excludes halogenated alkanes) is 1. The molecule has 0 aliphatic rings. The van der Waals surface area contributed by atoms with Crippen molar-refractivity contribution < 1.29 is 22.0 Å². The van der Waals surface area contributed by atoms with Crippen LogP contribution >= 0.6 is 11.8 Å². The molecule has 30 heavy (non-hydrogen) atoms. The van der Waals surface area contributed by atoms with Crippen molar-refractivity contribution in [3.05, 3.63) is 48.0 Å². The number of imidazole rings is 1. The number of rotatable bonds is 8. The van der Waals surface area contributed by atoms with Crippen molar-refractivity contribution >= 4 is 44.4 Å². The van der Waals surface area contributed by atoms with Crippen LogP contribution in [-0.4, -0.2) is 29.6 Å². The molecule has 1 aromatic heterocycles. The third kappa shape index (κ3) is 5.15. The topological polar surface area (TPSA) is 107 Å². The average molecular weight is 455 g/mol. The Morgan fingerprint density at radius 1 is 1.23 bits per heavy atom. The number of nitrogens with zero attached hydrogens (tertiary/aromatic N) is 2. The molecule has 2 aromatic carbocycles. The first-order chi connectivity index (χ1) is 14.2. The quantitative estimate of drug-likeness (QED) is 0.507. The standard InChI is InChI=1S/C19H20F2N4O3S2/c1-2-3-8-25-17-7-5-13(30(22,27)28)10-16(17)24-19(25)29-11-18(26)23-15-6-4-12(20)9-14(15)21/h4-7,9-10H,2-3,8,11H2,1H3,(H,23,26)(H2,22,27,28). The average Bonchev–Trinajstić information content (AvgIpc) is 3.03. The molecular weight excluding hydrogens is 434 g/mol. The fraction of sp³-hybridized carbons (Fsp3) is 0.263. The Kier molecular flexibility index (Phi) is 6.74. The van der Waals surface area contributed by atoms with E-state index in [4.69, 9.17) is 5.14 Å². The minimum atomic E-state index is -3.86. The van der Waals surface area contributed by atoms with Crippen molar-refractivity contribution in [1.82, 2.24) is 9.55 Å². The fourth-order valence-electron chi connectivity index (χ4n) is 2.81. The molecule has 0 unspecified atom stereocenters.